The Kier molecular flexibility index (Phi) is 3.46. The van der Waals surface area contributed by atoms with Crippen molar-refractivity contribution >= 4 is 0 Å². The van der Waals surface area contributed by atoms with Crippen molar-refractivity contribution in [2.45, 2.75) is 44.4 Å². The summed E-state index contributed by atoms with van der Waals surface area (Å²) in [7, 11) is 0. The molecule has 1 saturated carbocycles. The van der Waals surface area contributed by atoms with Crippen LogP contribution in [-0.2, 0) is 0 Å². The monoisotopic (exact) mass is 221 g/mol. The van der Waals surface area contributed by atoms with Gasteiger partial charge in [0.2, 0.25) is 0 Å². The van der Waals surface area contributed by atoms with Gasteiger partial charge < -0.3 is 15.6 Å². The summed E-state index contributed by atoms with van der Waals surface area (Å²) in [5, 5.41) is 9.65. The maximum absolute atomic E-state index is 9.65. The van der Waals surface area contributed by atoms with Crippen LogP contribution in [-0.4, -0.2) is 17.3 Å². The van der Waals surface area contributed by atoms with Crippen LogP contribution in [0.4, 0.5) is 0 Å². The Hall–Kier alpha value is -1.06. The highest BCUT2D eigenvalue weighted by Crippen LogP contribution is 2.25. The van der Waals surface area contributed by atoms with Crippen molar-refractivity contribution in [2.75, 3.05) is 0 Å². The molecule has 3 atom stereocenters. The highest BCUT2D eigenvalue weighted by Gasteiger charge is 2.26. The zero-order valence-electron chi connectivity index (χ0n) is 9.60. The fourth-order valence-corrected chi connectivity index (χ4v) is 2.07. The summed E-state index contributed by atoms with van der Waals surface area (Å²) in [5.74, 6) is 0.815. The SMILES string of the molecule is C[C@H](N)c1ccc(OC2CCCC2O)cc1. The summed E-state index contributed by atoms with van der Waals surface area (Å²) in [6.07, 6.45) is 2.48. The van der Waals surface area contributed by atoms with E-state index < -0.39 is 0 Å². The second kappa shape index (κ2) is 4.85. The first kappa shape index (κ1) is 11.4. The fourth-order valence-electron chi connectivity index (χ4n) is 2.07. The van der Waals surface area contributed by atoms with E-state index in [0.29, 0.717) is 0 Å². The Morgan fingerprint density at radius 2 is 2.00 bits per heavy atom. The lowest BCUT2D eigenvalue weighted by Crippen LogP contribution is -2.25. The molecule has 1 aliphatic carbocycles. The second-order valence-electron chi connectivity index (χ2n) is 4.51. The van der Waals surface area contributed by atoms with Gasteiger partial charge in [0.1, 0.15) is 11.9 Å². The van der Waals surface area contributed by atoms with Crippen LogP contribution in [0.3, 0.4) is 0 Å². The molecule has 0 aromatic heterocycles. The van der Waals surface area contributed by atoms with Crippen molar-refractivity contribution in [1.29, 1.82) is 0 Å². The predicted octanol–water partition coefficient (Wildman–Crippen LogP) is 2.00. The highest BCUT2D eigenvalue weighted by molar-refractivity contribution is 5.29. The van der Waals surface area contributed by atoms with Gasteiger partial charge in [-0.1, -0.05) is 12.1 Å². The summed E-state index contributed by atoms with van der Waals surface area (Å²) in [6, 6.07) is 7.84. The van der Waals surface area contributed by atoms with Crippen molar-refractivity contribution < 1.29 is 9.84 Å². The molecular formula is C13H19NO2. The number of ether oxygens (including phenoxy) is 1. The van der Waals surface area contributed by atoms with E-state index in [9.17, 15) is 5.11 Å². The summed E-state index contributed by atoms with van der Waals surface area (Å²) >= 11 is 0. The number of nitrogens with two attached hydrogens (primary N) is 1. The van der Waals surface area contributed by atoms with E-state index >= 15 is 0 Å². The van der Waals surface area contributed by atoms with Crippen LogP contribution >= 0.6 is 0 Å². The standard InChI is InChI=1S/C13H19NO2/c1-9(14)10-5-7-11(8-6-10)16-13-4-2-3-12(13)15/h5-9,12-13,15H,2-4,14H2,1H3/t9-,12?,13?/m0/s1. The average Bonchev–Trinajstić information content (AvgIpc) is 2.65. The molecule has 88 valence electrons. The zero-order chi connectivity index (χ0) is 11.5. The van der Waals surface area contributed by atoms with E-state index in [-0.39, 0.29) is 18.2 Å². The summed E-state index contributed by atoms with van der Waals surface area (Å²) in [4.78, 5) is 0. The molecule has 1 aromatic rings. The summed E-state index contributed by atoms with van der Waals surface area (Å²) in [5.41, 5.74) is 6.87. The first-order valence-electron chi connectivity index (χ1n) is 5.87. The maximum Gasteiger partial charge on any atom is 0.124 e. The van der Waals surface area contributed by atoms with Gasteiger partial charge in [-0.3, -0.25) is 0 Å². The largest absolute Gasteiger partial charge is 0.488 e. The predicted molar refractivity (Wildman–Crippen MR) is 63.3 cm³/mol. The molecule has 0 spiro atoms. The molecule has 1 aromatic carbocycles. The Labute approximate surface area is 96.2 Å². The third kappa shape index (κ3) is 2.54. The van der Waals surface area contributed by atoms with Crippen molar-refractivity contribution in [2.24, 2.45) is 5.73 Å². The molecule has 3 heteroatoms. The van der Waals surface area contributed by atoms with E-state index in [0.717, 1.165) is 30.6 Å². The Balaban J connectivity index is 1.99. The molecule has 0 heterocycles. The van der Waals surface area contributed by atoms with Gasteiger partial charge in [-0.05, 0) is 43.9 Å². The van der Waals surface area contributed by atoms with Crippen LogP contribution in [0.25, 0.3) is 0 Å². The lowest BCUT2D eigenvalue weighted by Gasteiger charge is -2.17. The minimum Gasteiger partial charge on any atom is -0.488 e. The number of rotatable bonds is 3. The average molecular weight is 221 g/mol. The zero-order valence-corrected chi connectivity index (χ0v) is 9.60. The molecule has 2 unspecified atom stereocenters. The third-order valence-corrected chi connectivity index (χ3v) is 3.11. The lowest BCUT2D eigenvalue weighted by molar-refractivity contribution is 0.0604. The Morgan fingerprint density at radius 1 is 1.31 bits per heavy atom. The normalized spacial score (nSPS) is 26.7. The molecule has 0 amide bonds. The molecular weight excluding hydrogens is 202 g/mol. The molecule has 0 radical (unpaired) electrons. The van der Waals surface area contributed by atoms with Gasteiger partial charge in [0, 0.05) is 6.04 Å². The minimum absolute atomic E-state index is 0.0406. The van der Waals surface area contributed by atoms with Crippen molar-refractivity contribution in [3.8, 4) is 5.75 Å². The smallest absolute Gasteiger partial charge is 0.124 e. The number of aliphatic hydroxyl groups is 1. The quantitative estimate of drug-likeness (QED) is 0.820. The lowest BCUT2D eigenvalue weighted by atomic mass is 10.1. The van der Waals surface area contributed by atoms with Crippen LogP contribution in [0.2, 0.25) is 0 Å². The van der Waals surface area contributed by atoms with E-state index in [4.69, 9.17) is 10.5 Å². The van der Waals surface area contributed by atoms with E-state index in [1.54, 1.807) is 0 Å². The van der Waals surface area contributed by atoms with Crippen molar-refractivity contribution in [3.05, 3.63) is 29.8 Å². The topological polar surface area (TPSA) is 55.5 Å². The maximum atomic E-state index is 9.65. The molecule has 0 aliphatic heterocycles. The van der Waals surface area contributed by atoms with Gasteiger partial charge in [0.25, 0.3) is 0 Å². The Morgan fingerprint density at radius 3 is 2.50 bits per heavy atom. The third-order valence-electron chi connectivity index (χ3n) is 3.11. The number of hydrogen-bond donors (Lipinski definition) is 2. The first-order valence-corrected chi connectivity index (χ1v) is 5.87. The Bertz CT molecular complexity index is 334. The van der Waals surface area contributed by atoms with Gasteiger partial charge in [0.15, 0.2) is 0 Å². The molecule has 3 nitrogen and oxygen atoms in total. The van der Waals surface area contributed by atoms with Crippen LogP contribution in [0, 0.1) is 0 Å². The van der Waals surface area contributed by atoms with Gasteiger partial charge in [-0.25, -0.2) is 0 Å². The molecule has 1 aliphatic rings. The van der Waals surface area contributed by atoms with Crippen LogP contribution < -0.4 is 10.5 Å². The molecule has 2 rings (SSSR count). The summed E-state index contributed by atoms with van der Waals surface area (Å²) < 4.78 is 5.73. The number of hydrogen-bond acceptors (Lipinski definition) is 3. The molecule has 3 N–H and O–H groups in total. The second-order valence-corrected chi connectivity index (χ2v) is 4.51. The molecule has 0 saturated heterocycles. The van der Waals surface area contributed by atoms with E-state index in [2.05, 4.69) is 0 Å². The first-order chi connectivity index (χ1) is 7.66. The van der Waals surface area contributed by atoms with Gasteiger partial charge in [0.05, 0.1) is 6.10 Å². The minimum atomic E-state index is -0.312. The van der Waals surface area contributed by atoms with E-state index in [1.165, 1.54) is 0 Å². The summed E-state index contributed by atoms with van der Waals surface area (Å²) in [6.45, 7) is 1.95. The molecule has 16 heavy (non-hydrogen) atoms. The fraction of sp³-hybridized carbons (Fsp3) is 0.538. The van der Waals surface area contributed by atoms with Crippen molar-refractivity contribution in [1.82, 2.24) is 0 Å². The highest BCUT2D eigenvalue weighted by atomic mass is 16.5. The van der Waals surface area contributed by atoms with Crippen LogP contribution in [0.5, 0.6) is 5.75 Å². The molecule has 1 fully saturated rings. The number of benzene rings is 1. The van der Waals surface area contributed by atoms with Gasteiger partial charge in [-0.2, -0.15) is 0 Å². The van der Waals surface area contributed by atoms with Gasteiger partial charge >= 0.3 is 0 Å². The van der Waals surface area contributed by atoms with Gasteiger partial charge in [-0.15, -0.1) is 0 Å². The van der Waals surface area contributed by atoms with Crippen molar-refractivity contribution in [3.63, 3.8) is 0 Å². The number of aliphatic hydroxyl groups excluding tert-OH is 1. The molecule has 0 bridgehead atoms. The van der Waals surface area contributed by atoms with E-state index in [1.807, 2.05) is 31.2 Å². The van der Waals surface area contributed by atoms with Crippen LogP contribution in [0.15, 0.2) is 24.3 Å². The van der Waals surface area contributed by atoms with Crippen LogP contribution in [0.1, 0.15) is 37.8 Å².